The van der Waals surface area contributed by atoms with E-state index in [9.17, 15) is 0 Å². The van der Waals surface area contributed by atoms with Gasteiger partial charge in [0.15, 0.2) is 0 Å². The van der Waals surface area contributed by atoms with Crippen molar-refractivity contribution in [3.63, 3.8) is 0 Å². The van der Waals surface area contributed by atoms with Crippen LogP contribution in [0.3, 0.4) is 0 Å². The van der Waals surface area contributed by atoms with Gasteiger partial charge in [0.2, 0.25) is 0 Å². The summed E-state index contributed by atoms with van der Waals surface area (Å²) in [7, 11) is 0. The van der Waals surface area contributed by atoms with Crippen LogP contribution < -0.4 is 0 Å². The molecule has 2 aliphatic carbocycles. The third kappa shape index (κ3) is 4.42. The van der Waals surface area contributed by atoms with Crippen molar-refractivity contribution in [2.45, 2.75) is 0 Å². The van der Waals surface area contributed by atoms with Crippen LogP contribution in [0.4, 0.5) is 0 Å². The first kappa shape index (κ1) is 13.5. The maximum Gasteiger partial charge on any atom is 0 e. The minimum absolute atomic E-state index is 0. The number of hydrogen-bond acceptors (Lipinski definition) is 0. The Bertz CT molecular complexity index is 432. The van der Waals surface area contributed by atoms with Gasteiger partial charge in [0, 0.05) is 16.5 Å². The van der Waals surface area contributed by atoms with E-state index in [1.54, 1.807) is 0 Å². The fraction of sp³-hybridized carbons (Fsp3) is 0. The van der Waals surface area contributed by atoms with Gasteiger partial charge in [-0.3, -0.25) is 0 Å². The van der Waals surface area contributed by atoms with E-state index in [0.29, 0.717) is 0 Å². The zero-order chi connectivity index (χ0) is 11.1. The maximum absolute atomic E-state index is 2.12. The fourth-order valence-electron chi connectivity index (χ4n) is 1.52. The van der Waals surface area contributed by atoms with E-state index >= 15 is 0 Å². The summed E-state index contributed by atoms with van der Waals surface area (Å²) in [6.45, 7) is 0. The molecule has 0 bridgehead atoms. The zero-order valence-electron chi connectivity index (χ0n) is 9.40. The van der Waals surface area contributed by atoms with Crippen molar-refractivity contribution in [3.8, 4) is 0 Å². The molecule has 0 saturated heterocycles. The Morgan fingerprint density at radius 2 is 0.765 bits per heavy atom. The maximum atomic E-state index is 2.12. The first-order valence-corrected chi connectivity index (χ1v) is 5.40. The fourth-order valence-corrected chi connectivity index (χ4v) is 1.52. The van der Waals surface area contributed by atoms with Gasteiger partial charge in [-0.1, -0.05) is 85.1 Å². The van der Waals surface area contributed by atoms with E-state index in [2.05, 4.69) is 48.6 Å². The van der Waals surface area contributed by atoms with Crippen LogP contribution in [-0.2, 0) is 16.5 Å². The summed E-state index contributed by atoms with van der Waals surface area (Å²) in [6, 6.07) is 0. The Hall–Kier alpha value is -1.59. The summed E-state index contributed by atoms with van der Waals surface area (Å²) in [5.41, 5.74) is 2.44. The predicted molar refractivity (Wildman–Crippen MR) is 71.0 cm³/mol. The van der Waals surface area contributed by atoms with Crippen LogP contribution in [0.1, 0.15) is 0 Å². The first-order valence-electron chi connectivity index (χ1n) is 5.40. The SMILES string of the molecule is C1=C\C=C/C(/C2=C\C=C/C=C\C=C2)=C\C=C1.[Ni]. The van der Waals surface area contributed by atoms with Crippen LogP contribution in [0.2, 0.25) is 0 Å². The summed E-state index contributed by atoms with van der Waals surface area (Å²) in [6.07, 6.45) is 28.9. The molecule has 88 valence electrons. The normalized spacial score (nSPS) is 29.2. The molecular formula is C16H14Ni. The molecule has 0 aromatic heterocycles. The van der Waals surface area contributed by atoms with Crippen LogP contribution in [0, 0.1) is 0 Å². The molecule has 2 rings (SSSR count). The smallest absolute Gasteiger partial charge is 0 e. The summed E-state index contributed by atoms with van der Waals surface area (Å²) >= 11 is 0. The van der Waals surface area contributed by atoms with E-state index < -0.39 is 0 Å². The molecule has 0 aliphatic heterocycles. The molecule has 0 unspecified atom stereocenters. The van der Waals surface area contributed by atoms with Crippen LogP contribution in [0.15, 0.2) is 96.2 Å². The summed E-state index contributed by atoms with van der Waals surface area (Å²) in [4.78, 5) is 0. The Morgan fingerprint density at radius 3 is 1.24 bits per heavy atom. The van der Waals surface area contributed by atoms with Crippen LogP contribution in [0.5, 0.6) is 0 Å². The quantitative estimate of drug-likeness (QED) is 0.623. The van der Waals surface area contributed by atoms with Gasteiger partial charge < -0.3 is 0 Å². The van der Waals surface area contributed by atoms with E-state index in [4.69, 9.17) is 0 Å². The molecule has 0 amide bonds. The molecule has 1 heteroatoms. The van der Waals surface area contributed by atoms with Crippen LogP contribution in [-0.4, -0.2) is 0 Å². The molecule has 0 saturated carbocycles. The molecule has 0 fully saturated rings. The molecule has 17 heavy (non-hydrogen) atoms. The largest absolute Gasteiger partial charge is 0.0623 e. The molecule has 0 aromatic carbocycles. The zero-order valence-corrected chi connectivity index (χ0v) is 10.4. The molecule has 0 heterocycles. The summed E-state index contributed by atoms with van der Waals surface area (Å²) in [5.74, 6) is 0. The summed E-state index contributed by atoms with van der Waals surface area (Å²) < 4.78 is 0. The molecule has 0 radical (unpaired) electrons. The number of allylic oxidation sites excluding steroid dienone is 16. The van der Waals surface area contributed by atoms with E-state index in [1.807, 2.05) is 36.5 Å². The Balaban J connectivity index is 0.00000144. The van der Waals surface area contributed by atoms with Crippen molar-refractivity contribution < 1.29 is 16.5 Å². The van der Waals surface area contributed by atoms with Gasteiger partial charge in [0.1, 0.15) is 0 Å². The molecule has 0 nitrogen and oxygen atoms in total. The molecule has 2 aliphatic rings. The number of rotatable bonds is 1. The minimum atomic E-state index is 0. The second kappa shape index (κ2) is 7.65. The Kier molecular flexibility index (Phi) is 6.06. The van der Waals surface area contributed by atoms with Gasteiger partial charge in [-0.25, -0.2) is 0 Å². The van der Waals surface area contributed by atoms with Crippen molar-refractivity contribution in [1.82, 2.24) is 0 Å². The molecule has 0 atom stereocenters. The van der Waals surface area contributed by atoms with Crippen molar-refractivity contribution in [2.75, 3.05) is 0 Å². The molecule has 0 aromatic rings. The minimum Gasteiger partial charge on any atom is -0.0623 e. The van der Waals surface area contributed by atoms with Crippen LogP contribution in [0.25, 0.3) is 0 Å². The van der Waals surface area contributed by atoms with E-state index in [0.717, 1.165) is 0 Å². The Labute approximate surface area is 113 Å². The van der Waals surface area contributed by atoms with Gasteiger partial charge in [-0.05, 0) is 11.1 Å². The predicted octanol–water partition coefficient (Wildman–Crippen LogP) is 4.20. The average molecular weight is 265 g/mol. The average Bonchev–Trinajstić information content (AvgIpc) is 2.18. The van der Waals surface area contributed by atoms with Crippen molar-refractivity contribution in [1.29, 1.82) is 0 Å². The van der Waals surface area contributed by atoms with Crippen LogP contribution >= 0.6 is 0 Å². The third-order valence-electron chi connectivity index (χ3n) is 2.33. The molecule has 0 spiro atoms. The van der Waals surface area contributed by atoms with Gasteiger partial charge in [-0.15, -0.1) is 0 Å². The van der Waals surface area contributed by atoms with E-state index in [1.165, 1.54) is 11.1 Å². The topological polar surface area (TPSA) is 0 Å². The summed E-state index contributed by atoms with van der Waals surface area (Å²) in [5, 5.41) is 0. The first-order chi connectivity index (χ1) is 7.97. The van der Waals surface area contributed by atoms with Gasteiger partial charge in [-0.2, -0.15) is 0 Å². The van der Waals surface area contributed by atoms with Crippen molar-refractivity contribution in [3.05, 3.63) is 96.2 Å². The van der Waals surface area contributed by atoms with E-state index in [-0.39, 0.29) is 16.5 Å². The number of hydrogen-bond donors (Lipinski definition) is 0. The second-order valence-corrected chi connectivity index (χ2v) is 3.50. The van der Waals surface area contributed by atoms with Gasteiger partial charge >= 0.3 is 0 Å². The van der Waals surface area contributed by atoms with Gasteiger partial charge in [0.25, 0.3) is 0 Å². The van der Waals surface area contributed by atoms with Gasteiger partial charge in [0.05, 0.1) is 0 Å². The monoisotopic (exact) mass is 264 g/mol. The standard InChI is InChI=1S/C16H14.Ni/c1-3-7-11-15(12-8-4-1)16-13-9-5-2-6-10-14-16;/h1-14H;/b3-1-,4-1?,5-2?,6-2?,7-3?,8-4-,9-5?,10-6?,11-7?,12-8?,13-9-,14-10?,15-11?,15-12-,16-13?,16-14+;. The Morgan fingerprint density at radius 1 is 0.412 bits per heavy atom. The second-order valence-electron chi connectivity index (χ2n) is 3.50. The third-order valence-corrected chi connectivity index (χ3v) is 2.33. The molecular weight excluding hydrogens is 251 g/mol. The van der Waals surface area contributed by atoms with Crippen molar-refractivity contribution >= 4 is 0 Å². The van der Waals surface area contributed by atoms with Crippen molar-refractivity contribution in [2.24, 2.45) is 0 Å². The molecule has 0 N–H and O–H groups in total.